The fourth-order valence-electron chi connectivity index (χ4n) is 3.45. The summed E-state index contributed by atoms with van der Waals surface area (Å²) in [5, 5.41) is 23.0. The van der Waals surface area contributed by atoms with Crippen molar-refractivity contribution in [1.29, 1.82) is 0 Å². The highest BCUT2D eigenvalue weighted by atomic mass is 32.1. The van der Waals surface area contributed by atoms with Crippen LogP contribution in [0.5, 0.6) is 5.75 Å². The number of Topliss-reactive ketones (excluding diaryl/α,β-unsaturated/α-hetero) is 1. The number of ketones is 1. The van der Waals surface area contributed by atoms with Crippen LogP contribution in [0.1, 0.15) is 22.0 Å². The lowest BCUT2D eigenvalue weighted by molar-refractivity contribution is -0.140. The molecule has 5 nitrogen and oxygen atoms in total. The molecular formula is C22H15F2NO4S. The predicted molar refractivity (Wildman–Crippen MR) is 107 cm³/mol. The molecule has 1 unspecified atom stereocenters. The van der Waals surface area contributed by atoms with E-state index in [-0.39, 0.29) is 29.0 Å². The van der Waals surface area contributed by atoms with Gasteiger partial charge in [0.25, 0.3) is 11.7 Å². The highest BCUT2D eigenvalue weighted by molar-refractivity contribution is 7.09. The van der Waals surface area contributed by atoms with Gasteiger partial charge in [0, 0.05) is 16.0 Å². The summed E-state index contributed by atoms with van der Waals surface area (Å²) < 4.78 is 27.0. The molecule has 2 aromatic carbocycles. The summed E-state index contributed by atoms with van der Waals surface area (Å²) in [5.74, 6) is -4.96. The Morgan fingerprint density at radius 1 is 1.03 bits per heavy atom. The van der Waals surface area contributed by atoms with Crippen molar-refractivity contribution in [2.24, 2.45) is 0 Å². The molecule has 2 N–H and O–H groups in total. The number of halogens is 2. The Hall–Kier alpha value is -3.52. The molecule has 0 saturated carbocycles. The number of hydrogen-bond acceptors (Lipinski definition) is 5. The van der Waals surface area contributed by atoms with E-state index in [4.69, 9.17) is 0 Å². The van der Waals surface area contributed by atoms with Crippen LogP contribution in [-0.4, -0.2) is 26.8 Å². The molecule has 2 heterocycles. The minimum absolute atomic E-state index is 0.0792. The van der Waals surface area contributed by atoms with Crippen molar-refractivity contribution in [2.75, 3.05) is 0 Å². The number of aliphatic hydroxyl groups excluding tert-OH is 1. The largest absolute Gasteiger partial charge is 0.508 e. The van der Waals surface area contributed by atoms with Crippen LogP contribution in [0.15, 0.2) is 65.6 Å². The van der Waals surface area contributed by atoms with Gasteiger partial charge in [0.05, 0.1) is 18.2 Å². The predicted octanol–water partition coefficient (Wildman–Crippen LogP) is 4.35. The quantitative estimate of drug-likeness (QED) is 0.369. The summed E-state index contributed by atoms with van der Waals surface area (Å²) in [6.45, 7) is 0.0792. The average Bonchev–Trinajstić information content (AvgIpc) is 3.32. The molecule has 1 saturated heterocycles. The van der Waals surface area contributed by atoms with E-state index in [1.165, 1.54) is 28.4 Å². The SMILES string of the molecule is O=C1C(=O)N(Cc2cccs2)C(c2ccccc2O)/C1=C(\O)c1ccc(F)c(F)c1. The van der Waals surface area contributed by atoms with Crippen molar-refractivity contribution in [2.45, 2.75) is 12.6 Å². The van der Waals surface area contributed by atoms with Crippen LogP contribution in [-0.2, 0) is 16.1 Å². The van der Waals surface area contributed by atoms with E-state index in [9.17, 15) is 28.6 Å². The third kappa shape index (κ3) is 3.35. The zero-order chi connectivity index (χ0) is 21.4. The number of benzene rings is 2. The third-order valence-electron chi connectivity index (χ3n) is 4.87. The second kappa shape index (κ2) is 7.72. The molecule has 1 amide bonds. The van der Waals surface area contributed by atoms with Gasteiger partial charge in [-0.3, -0.25) is 9.59 Å². The first kappa shape index (κ1) is 19.8. The van der Waals surface area contributed by atoms with Crippen molar-refractivity contribution < 1.29 is 28.6 Å². The zero-order valence-electron chi connectivity index (χ0n) is 15.4. The van der Waals surface area contributed by atoms with Crippen molar-refractivity contribution >= 4 is 28.8 Å². The Bertz CT molecular complexity index is 1170. The first-order valence-electron chi connectivity index (χ1n) is 8.92. The summed E-state index contributed by atoms with van der Waals surface area (Å²) in [6.07, 6.45) is 0. The minimum Gasteiger partial charge on any atom is -0.508 e. The number of carbonyl (C=O) groups excluding carboxylic acids is 2. The number of amides is 1. The molecule has 3 aromatic rings. The summed E-state index contributed by atoms with van der Waals surface area (Å²) in [7, 11) is 0. The maximum absolute atomic E-state index is 13.7. The van der Waals surface area contributed by atoms with Crippen LogP contribution < -0.4 is 0 Å². The van der Waals surface area contributed by atoms with Crippen molar-refractivity contribution in [3.05, 3.63) is 93.2 Å². The third-order valence-corrected chi connectivity index (χ3v) is 5.73. The van der Waals surface area contributed by atoms with Crippen LogP contribution in [0.2, 0.25) is 0 Å². The van der Waals surface area contributed by atoms with E-state index in [0.29, 0.717) is 0 Å². The van der Waals surface area contributed by atoms with Crippen molar-refractivity contribution in [3.8, 4) is 5.75 Å². The van der Waals surface area contributed by atoms with E-state index >= 15 is 0 Å². The van der Waals surface area contributed by atoms with Gasteiger partial charge in [-0.05, 0) is 35.7 Å². The Kier molecular flexibility index (Phi) is 5.09. The molecule has 1 atom stereocenters. The van der Waals surface area contributed by atoms with Crippen molar-refractivity contribution in [3.63, 3.8) is 0 Å². The normalized spacial score (nSPS) is 18.2. The first-order chi connectivity index (χ1) is 14.4. The standard InChI is InChI=1S/C22H15F2NO4S/c23-15-8-7-12(10-16(15)24)20(27)18-19(14-5-1-2-6-17(14)26)25(22(29)21(18)28)11-13-4-3-9-30-13/h1-10,19,26-27H,11H2/b20-18+. The van der Waals surface area contributed by atoms with E-state index in [0.717, 1.165) is 23.1 Å². The molecule has 0 radical (unpaired) electrons. The lowest BCUT2D eigenvalue weighted by atomic mass is 9.94. The summed E-state index contributed by atoms with van der Waals surface area (Å²) in [6, 6.07) is 11.3. The van der Waals surface area contributed by atoms with Gasteiger partial charge in [-0.1, -0.05) is 24.3 Å². The smallest absolute Gasteiger partial charge is 0.295 e. The highest BCUT2D eigenvalue weighted by Crippen LogP contribution is 2.43. The molecule has 0 spiro atoms. The number of thiophene rings is 1. The van der Waals surface area contributed by atoms with Crippen LogP contribution in [0.4, 0.5) is 8.78 Å². The molecule has 30 heavy (non-hydrogen) atoms. The minimum atomic E-state index is -1.20. The van der Waals surface area contributed by atoms with Crippen molar-refractivity contribution in [1.82, 2.24) is 4.90 Å². The number of aromatic hydroxyl groups is 1. The molecule has 1 aromatic heterocycles. The first-order valence-corrected chi connectivity index (χ1v) is 9.80. The maximum atomic E-state index is 13.7. The lowest BCUT2D eigenvalue weighted by Crippen LogP contribution is -2.28. The Labute approximate surface area is 174 Å². The van der Waals surface area contributed by atoms with Gasteiger partial charge in [0.2, 0.25) is 0 Å². The molecule has 1 aliphatic heterocycles. The van der Waals surface area contributed by atoms with Gasteiger partial charge in [-0.15, -0.1) is 11.3 Å². The monoisotopic (exact) mass is 427 g/mol. The Morgan fingerprint density at radius 3 is 2.47 bits per heavy atom. The maximum Gasteiger partial charge on any atom is 0.295 e. The molecule has 1 fully saturated rings. The van der Waals surface area contributed by atoms with Crippen LogP contribution >= 0.6 is 11.3 Å². The molecule has 0 bridgehead atoms. The molecule has 4 rings (SSSR count). The van der Waals surface area contributed by atoms with Crippen LogP contribution in [0.3, 0.4) is 0 Å². The number of rotatable bonds is 4. The Morgan fingerprint density at radius 2 is 1.80 bits per heavy atom. The molecule has 152 valence electrons. The highest BCUT2D eigenvalue weighted by Gasteiger charge is 2.47. The molecule has 0 aliphatic carbocycles. The van der Waals surface area contributed by atoms with E-state index < -0.39 is 35.1 Å². The number of carbonyl (C=O) groups is 2. The van der Waals surface area contributed by atoms with Gasteiger partial charge in [0.15, 0.2) is 11.6 Å². The van der Waals surface area contributed by atoms with Gasteiger partial charge in [-0.2, -0.15) is 0 Å². The van der Waals surface area contributed by atoms with E-state index in [1.807, 2.05) is 5.38 Å². The molecule has 1 aliphatic rings. The second-order valence-electron chi connectivity index (χ2n) is 6.69. The Balaban J connectivity index is 1.90. The van der Waals surface area contributed by atoms with Crippen LogP contribution in [0, 0.1) is 11.6 Å². The average molecular weight is 427 g/mol. The zero-order valence-corrected chi connectivity index (χ0v) is 16.2. The van der Waals surface area contributed by atoms with Crippen LogP contribution in [0.25, 0.3) is 5.76 Å². The topological polar surface area (TPSA) is 77.8 Å². The van der Waals surface area contributed by atoms with Gasteiger partial charge < -0.3 is 15.1 Å². The summed E-state index contributed by atoms with van der Waals surface area (Å²) in [5.41, 5.74) is -0.218. The number of phenols is 1. The second-order valence-corrected chi connectivity index (χ2v) is 7.73. The summed E-state index contributed by atoms with van der Waals surface area (Å²) in [4.78, 5) is 27.7. The van der Waals surface area contributed by atoms with Gasteiger partial charge in [-0.25, -0.2) is 8.78 Å². The fraction of sp³-hybridized carbons (Fsp3) is 0.0909. The van der Waals surface area contributed by atoms with E-state index in [2.05, 4.69) is 0 Å². The van der Waals surface area contributed by atoms with E-state index in [1.54, 1.807) is 24.3 Å². The number of likely N-dealkylation sites (tertiary alicyclic amines) is 1. The summed E-state index contributed by atoms with van der Waals surface area (Å²) >= 11 is 1.39. The number of phenolic OH excluding ortho intramolecular Hbond substituents is 1. The fourth-order valence-corrected chi connectivity index (χ4v) is 4.16. The molecular weight excluding hydrogens is 412 g/mol. The molecule has 8 heteroatoms. The number of hydrogen-bond donors (Lipinski definition) is 2. The number of para-hydroxylation sites is 1. The lowest BCUT2D eigenvalue weighted by Gasteiger charge is -2.25. The van der Waals surface area contributed by atoms with Gasteiger partial charge >= 0.3 is 0 Å². The van der Waals surface area contributed by atoms with Gasteiger partial charge in [0.1, 0.15) is 11.5 Å². The number of nitrogens with zero attached hydrogens (tertiary/aromatic N) is 1. The number of aliphatic hydroxyl groups is 1.